The number of aromatic nitrogens is 2. The quantitative estimate of drug-likeness (QED) is 0.703. The number of hydrogen-bond acceptors (Lipinski definition) is 4. The zero-order chi connectivity index (χ0) is 9.19. The Morgan fingerprint density at radius 3 is 2.58 bits per heavy atom. The van der Waals surface area contributed by atoms with Gasteiger partial charge in [0.05, 0.1) is 30.7 Å². The third-order valence-corrected chi connectivity index (χ3v) is 1.48. The van der Waals surface area contributed by atoms with E-state index in [0.717, 1.165) is 5.69 Å². The Morgan fingerprint density at radius 2 is 2.08 bits per heavy atom. The van der Waals surface area contributed by atoms with Gasteiger partial charge in [-0.3, -0.25) is 4.98 Å². The second-order valence-electron chi connectivity index (χ2n) is 3.17. The molecule has 4 heteroatoms. The van der Waals surface area contributed by atoms with E-state index in [4.69, 9.17) is 10.5 Å². The van der Waals surface area contributed by atoms with Crippen molar-refractivity contribution in [3.8, 4) is 5.88 Å². The van der Waals surface area contributed by atoms with Gasteiger partial charge in [-0.25, -0.2) is 4.98 Å². The van der Waals surface area contributed by atoms with Crippen molar-refractivity contribution in [1.29, 1.82) is 0 Å². The zero-order valence-electron chi connectivity index (χ0n) is 7.53. The Labute approximate surface area is 71.8 Å². The van der Waals surface area contributed by atoms with Crippen LogP contribution in [0.3, 0.4) is 0 Å². The van der Waals surface area contributed by atoms with E-state index < -0.39 is 5.54 Å². The van der Waals surface area contributed by atoms with Crippen molar-refractivity contribution in [2.75, 3.05) is 7.11 Å². The largest absolute Gasteiger partial charge is 0.480 e. The molecule has 0 saturated heterocycles. The van der Waals surface area contributed by atoms with Crippen molar-refractivity contribution >= 4 is 0 Å². The minimum atomic E-state index is -0.471. The van der Waals surface area contributed by atoms with E-state index in [1.165, 1.54) is 0 Å². The lowest BCUT2D eigenvalue weighted by atomic mass is 10.0. The summed E-state index contributed by atoms with van der Waals surface area (Å²) in [6.45, 7) is 3.74. The van der Waals surface area contributed by atoms with Gasteiger partial charge in [-0.15, -0.1) is 0 Å². The Balaban J connectivity index is 3.02. The van der Waals surface area contributed by atoms with Gasteiger partial charge in [-0.1, -0.05) is 0 Å². The first-order valence-electron chi connectivity index (χ1n) is 3.69. The first-order chi connectivity index (χ1) is 5.54. The molecule has 0 spiro atoms. The molecule has 0 radical (unpaired) electrons. The Hall–Kier alpha value is -1.16. The van der Waals surface area contributed by atoms with Crippen LogP contribution in [0.5, 0.6) is 5.88 Å². The minimum absolute atomic E-state index is 0.471. The highest BCUT2D eigenvalue weighted by molar-refractivity contribution is 5.14. The molecule has 1 aromatic heterocycles. The van der Waals surface area contributed by atoms with Gasteiger partial charge in [-0.2, -0.15) is 0 Å². The van der Waals surface area contributed by atoms with Crippen LogP contribution in [0.4, 0.5) is 0 Å². The molecular weight excluding hydrogens is 154 g/mol. The number of nitrogens with two attached hydrogens (primary N) is 1. The molecule has 1 heterocycles. The van der Waals surface area contributed by atoms with E-state index in [1.807, 2.05) is 13.8 Å². The predicted octanol–water partition coefficient (Wildman–Crippen LogP) is 0.679. The lowest BCUT2D eigenvalue weighted by Gasteiger charge is -2.17. The Morgan fingerprint density at radius 1 is 1.42 bits per heavy atom. The van der Waals surface area contributed by atoms with Gasteiger partial charge >= 0.3 is 0 Å². The smallest absolute Gasteiger partial charge is 0.232 e. The van der Waals surface area contributed by atoms with E-state index in [1.54, 1.807) is 19.5 Å². The molecule has 0 aromatic carbocycles. The van der Waals surface area contributed by atoms with Crippen molar-refractivity contribution in [1.82, 2.24) is 9.97 Å². The van der Waals surface area contributed by atoms with Crippen LogP contribution in [0, 0.1) is 0 Å². The van der Waals surface area contributed by atoms with Gasteiger partial charge in [0.2, 0.25) is 5.88 Å². The molecule has 0 unspecified atom stereocenters. The second kappa shape index (κ2) is 3.06. The fourth-order valence-corrected chi connectivity index (χ4v) is 0.757. The molecule has 0 amide bonds. The van der Waals surface area contributed by atoms with Crippen molar-refractivity contribution < 1.29 is 4.74 Å². The maximum absolute atomic E-state index is 5.82. The van der Waals surface area contributed by atoms with Crippen LogP contribution in [0.2, 0.25) is 0 Å². The maximum Gasteiger partial charge on any atom is 0.232 e. The fourth-order valence-electron chi connectivity index (χ4n) is 0.757. The van der Waals surface area contributed by atoms with Crippen LogP contribution in [0.1, 0.15) is 19.5 Å². The summed E-state index contributed by atoms with van der Waals surface area (Å²) >= 11 is 0. The molecule has 2 N–H and O–H groups in total. The number of ether oxygens (including phenoxy) is 1. The van der Waals surface area contributed by atoms with Gasteiger partial charge in [0.15, 0.2) is 0 Å². The van der Waals surface area contributed by atoms with Gasteiger partial charge in [-0.05, 0) is 13.8 Å². The third-order valence-electron chi connectivity index (χ3n) is 1.48. The summed E-state index contributed by atoms with van der Waals surface area (Å²) in [7, 11) is 1.55. The highest BCUT2D eigenvalue weighted by Crippen LogP contribution is 2.15. The molecule has 0 aliphatic carbocycles. The molecule has 4 nitrogen and oxygen atoms in total. The summed E-state index contributed by atoms with van der Waals surface area (Å²) in [5, 5.41) is 0. The average Bonchev–Trinajstić information content (AvgIpc) is 2.03. The molecule has 0 fully saturated rings. The Kier molecular flexibility index (Phi) is 2.28. The predicted molar refractivity (Wildman–Crippen MR) is 45.8 cm³/mol. The van der Waals surface area contributed by atoms with Crippen LogP contribution in [0.25, 0.3) is 0 Å². The van der Waals surface area contributed by atoms with E-state index in [2.05, 4.69) is 9.97 Å². The Bertz CT molecular complexity index is 267. The number of methoxy groups -OCH3 is 1. The molecule has 0 atom stereocenters. The molecular formula is C8H13N3O. The number of hydrogen-bond donors (Lipinski definition) is 1. The zero-order valence-corrected chi connectivity index (χ0v) is 7.53. The fraction of sp³-hybridized carbons (Fsp3) is 0.500. The lowest BCUT2D eigenvalue weighted by molar-refractivity contribution is 0.388. The van der Waals surface area contributed by atoms with Crippen molar-refractivity contribution in [2.45, 2.75) is 19.4 Å². The standard InChI is InChI=1S/C8H13N3O/c1-8(2,9)6-4-10-5-7(11-6)12-3/h4-5H,9H2,1-3H3. The van der Waals surface area contributed by atoms with E-state index in [9.17, 15) is 0 Å². The van der Waals surface area contributed by atoms with Crippen LogP contribution in [0.15, 0.2) is 12.4 Å². The average molecular weight is 167 g/mol. The van der Waals surface area contributed by atoms with E-state index >= 15 is 0 Å². The second-order valence-corrected chi connectivity index (χ2v) is 3.17. The molecule has 0 aliphatic heterocycles. The number of nitrogens with zero attached hydrogens (tertiary/aromatic N) is 2. The SMILES string of the molecule is COc1cncc(C(C)(C)N)n1. The van der Waals surface area contributed by atoms with E-state index in [-0.39, 0.29) is 0 Å². The molecule has 1 aromatic rings. The van der Waals surface area contributed by atoms with Crippen LogP contribution >= 0.6 is 0 Å². The molecule has 0 saturated carbocycles. The first kappa shape index (κ1) is 8.93. The lowest BCUT2D eigenvalue weighted by Crippen LogP contribution is -2.30. The van der Waals surface area contributed by atoms with Gasteiger partial charge < -0.3 is 10.5 Å². The van der Waals surface area contributed by atoms with Crippen LogP contribution in [-0.2, 0) is 5.54 Å². The van der Waals surface area contributed by atoms with Crippen LogP contribution in [-0.4, -0.2) is 17.1 Å². The summed E-state index contributed by atoms with van der Waals surface area (Å²) in [4.78, 5) is 8.11. The van der Waals surface area contributed by atoms with Gasteiger partial charge in [0.1, 0.15) is 0 Å². The molecule has 66 valence electrons. The van der Waals surface area contributed by atoms with Gasteiger partial charge in [0.25, 0.3) is 0 Å². The summed E-state index contributed by atoms with van der Waals surface area (Å²) in [5.74, 6) is 0.492. The normalized spacial score (nSPS) is 11.3. The molecule has 1 rings (SSSR count). The van der Waals surface area contributed by atoms with Crippen molar-refractivity contribution in [3.63, 3.8) is 0 Å². The third kappa shape index (κ3) is 1.92. The summed E-state index contributed by atoms with van der Waals surface area (Å²) in [6, 6.07) is 0. The topological polar surface area (TPSA) is 61.0 Å². The maximum atomic E-state index is 5.82. The monoisotopic (exact) mass is 167 g/mol. The van der Waals surface area contributed by atoms with Crippen molar-refractivity contribution in [3.05, 3.63) is 18.1 Å². The molecule has 12 heavy (non-hydrogen) atoms. The summed E-state index contributed by atoms with van der Waals surface area (Å²) < 4.78 is 4.92. The summed E-state index contributed by atoms with van der Waals surface area (Å²) in [5.41, 5.74) is 6.08. The first-order valence-corrected chi connectivity index (χ1v) is 3.69. The van der Waals surface area contributed by atoms with Crippen LogP contribution < -0.4 is 10.5 Å². The minimum Gasteiger partial charge on any atom is -0.480 e. The highest BCUT2D eigenvalue weighted by Gasteiger charge is 2.16. The molecule has 0 bridgehead atoms. The van der Waals surface area contributed by atoms with Crippen molar-refractivity contribution in [2.24, 2.45) is 5.73 Å². The summed E-state index contributed by atoms with van der Waals surface area (Å²) in [6.07, 6.45) is 3.19. The highest BCUT2D eigenvalue weighted by atomic mass is 16.5. The van der Waals surface area contributed by atoms with Gasteiger partial charge in [0, 0.05) is 0 Å². The number of rotatable bonds is 2. The molecule has 0 aliphatic rings. The van der Waals surface area contributed by atoms with E-state index in [0.29, 0.717) is 5.88 Å².